The maximum Gasteiger partial charge on any atom is 0.306 e. The number of halogens is 1. The molecule has 3 nitrogen and oxygen atoms in total. The Bertz CT molecular complexity index is 402. The van der Waals surface area contributed by atoms with Crippen LogP contribution in [0.1, 0.15) is 111 Å². The summed E-state index contributed by atoms with van der Waals surface area (Å²) in [5.74, 6) is -0.346. The van der Waals surface area contributed by atoms with Gasteiger partial charge in [0.05, 0.1) is 0 Å². The lowest BCUT2D eigenvalue weighted by atomic mass is 10.1. The van der Waals surface area contributed by atoms with Gasteiger partial charge in [-0.15, -0.1) is 0 Å². The fourth-order valence-electron chi connectivity index (χ4n) is 2.72. The predicted octanol–water partition coefficient (Wildman–Crippen LogP) is 7.11. The van der Waals surface area contributed by atoms with Crippen molar-refractivity contribution in [2.24, 2.45) is 0 Å². The van der Waals surface area contributed by atoms with E-state index in [9.17, 15) is 9.59 Å². The second-order valence-corrected chi connectivity index (χ2v) is 7.94. The summed E-state index contributed by atoms with van der Waals surface area (Å²) < 4.78 is 5.09. The molecule has 26 heavy (non-hydrogen) atoms. The maximum atomic E-state index is 11.7. The number of esters is 1. The molecule has 0 heterocycles. The Morgan fingerprint density at radius 2 is 1.27 bits per heavy atom. The molecule has 0 aliphatic carbocycles. The zero-order chi connectivity index (χ0) is 19.7. The Morgan fingerprint density at radius 3 is 1.77 bits per heavy atom. The number of carbonyl (C=O) groups excluding carboxylic acids is 2. The minimum atomic E-state index is -1.22. The first kappa shape index (κ1) is 25.2. The molecule has 0 radical (unpaired) electrons. The summed E-state index contributed by atoms with van der Waals surface area (Å²) in [4.78, 5) is 22.8. The third-order valence-corrected chi connectivity index (χ3v) is 4.94. The van der Waals surface area contributed by atoms with Gasteiger partial charge in [-0.25, -0.2) is 0 Å². The van der Waals surface area contributed by atoms with Crippen molar-refractivity contribution in [3.63, 3.8) is 0 Å². The van der Waals surface area contributed by atoms with Crippen LogP contribution in [0.4, 0.5) is 0 Å². The molecule has 0 aliphatic rings. The Kier molecular flexibility index (Phi) is 15.8. The van der Waals surface area contributed by atoms with Gasteiger partial charge in [0.25, 0.3) is 5.24 Å². The van der Waals surface area contributed by atoms with Gasteiger partial charge in [0, 0.05) is 6.42 Å². The third kappa shape index (κ3) is 15.4. The van der Waals surface area contributed by atoms with Crippen molar-refractivity contribution >= 4 is 22.8 Å². The molecule has 0 aliphatic heterocycles. The monoisotopic (exact) mass is 386 g/mol. The van der Waals surface area contributed by atoms with Crippen LogP contribution in [-0.2, 0) is 14.3 Å². The Hall–Kier alpha value is -0.830. The molecule has 0 aromatic rings. The van der Waals surface area contributed by atoms with Crippen molar-refractivity contribution < 1.29 is 14.3 Å². The molecule has 0 spiro atoms. The predicted molar refractivity (Wildman–Crippen MR) is 110 cm³/mol. The summed E-state index contributed by atoms with van der Waals surface area (Å²) in [7, 11) is 0. The van der Waals surface area contributed by atoms with Gasteiger partial charge >= 0.3 is 5.97 Å². The van der Waals surface area contributed by atoms with Crippen LogP contribution >= 0.6 is 11.6 Å². The molecule has 0 saturated carbocycles. The topological polar surface area (TPSA) is 43.4 Å². The molecule has 0 amide bonds. The number of allylic oxidation sites excluding steroid dienone is 2. The van der Waals surface area contributed by atoms with E-state index in [-0.39, 0.29) is 5.97 Å². The first-order valence-corrected chi connectivity index (χ1v) is 10.8. The van der Waals surface area contributed by atoms with Crippen LogP contribution in [0.3, 0.4) is 0 Å². The van der Waals surface area contributed by atoms with Crippen molar-refractivity contribution in [1.82, 2.24) is 0 Å². The van der Waals surface area contributed by atoms with E-state index in [1.54, 1.807) is 0 Å². The number of hydrogen-bond donors (Lipinski definition) is 0. The fraction of sp³-hybridized carbons (Fsp3) is 0.818. The lowest BCUT2D eigenvalue weighted by Crippen LogP contribution is -2.34. The van der Waals surface area contributed by atoms with E-state index >= 15 is 0 Å². The van der Waals surface area contributed by atoms with Crippen molar-refractivity contribution in [3.05, 3.63) is 12.2 Å². The van der Waals surface area contributed by atoms with Gasteiger partial charge in [0.2, 0.25) is 0 Å². The number of unbranched alkanes of at least 4 members (excludes halogenated alkanes) is 11. The van der Waals surface area contributed by atoms with Gasteiger partial charge in [-0.2, -0.15) is 0 Å². The third-order valence-electron chi connectivity index (χ3n) is 4.49. The minimum Gasteiger partial charge on any atom is -0.450 e. The maximum absolute atomic E-state index is 11.7. The second kappa shape index (κ2) is 16.4. The number of ether oxygens (including phenoxy) is 1. The molecule has 0 N–H and O–H groups in total. The molecule has 0 aromatic carbocycles. The van der Waals surface area contributed by atoms with Gasteiger partial charge in [-0.05, 0) is 57.6 Å². The Labute approximate surface area is 165 Å². The Balaban J connectivity index is 3.39. The SMILES string of the molecule is CCCCCCCC/C=C\CCCCCCCC(=O)OC(C)(C)C(=O)Cl. The molecular formula is C22H39ClO3. The van der Waals surface area contributed by atoms with Crippen molar-refractivity contribution in [1.29, 1.82) is 0 Å². The zero-order valence-corrected chi connectivity index (χ0v) is 17.9. The summed E-state index contributed by atoms with van der Waals surface area (Å²) in [5.41, 5.74) is -1.22. The largest absolute Gasteiger partial charge is 0.450 e. The van der Waals surface area contributed by atoms with E-state index in [4.69, 9.17) is 16.3 Å². The summed E-state index contributed by atoms with van der Waals surface area (Å²) in [6.45, 7) is 5.28. The van der Waals surface area contributed by atoms with Gasteiger partial charge in [-0.1, -0.05) is 70.4 Å². The van der Waals surface area contributed by atoms with Crippen molar-refractivity contribution in [3.8, 4) is 0 Å². The van der Waals surface area contributed by atoms with Crippen LogP contribution in [0.2, 0.25) is 0 Å². The molecular weight excluding hydrogens is 348 g/mol. The van der Waals surface area contributed by atoms with Gasteiger partial charge in [0.15, 0.2) is 5.60 Å². The molecule has 0 bridgehead atoms. The van der Waals surface area contributed by atoms with Gasteiger partial charge < -0.3 is 4.74 Å². The molecule has 0 atom stereocenters. The van der Waals surface area contributed by atoms with E-state index in [1.807, 2.05) is 0 Å². The molecule has 0 saturated heterocycles. The highest BCUT2D eigenvalue weighted by Crippen LogP contribution is 2.16. The van der Waals surface area contributed by atoms with E-state index in [0.717, 1.165) is 25.7 Å². The van der Waals surface area contributed by atoms with Gasteiger partial charge in [-0.3, -0.25) is 9.59 Å². The molecule has 152 valence electrons. The standard InChI is InChI=1S/C22H39ClO3/c1-4-5-6-7-8-9-10-11-12-13-14-15-16-17-18-19-20(24)26-22(2,3)21(23)25/h11-12H,4-10,13-19H2,1-3H3/b12-11-. The summed E-state index contributed by atoms with van der Waals surface area (Å²) in [5, 5.41) is -0.643. The minimum absolute atomic E-state index is 0.346. The average molecular weight is 387 g/mol. The Morgan fingerprint density at radius 1 is 0.808 bits per heavy atom. The average Bonchev–Trinajstić information content (AvgIpc) is 2.57. The lowest BCUT2D eigenvalue weighted by molar-refractivity contribution is -0.161. The summed E-state index contributed by atoms with van der Waals surface area (Å²) in [6.07, 6.45) is 20.9. The van der Waals surface area contributed by atoms with Gasteiger partial charge in [0.1, 0.15) is 0 Å². The van der Waals surface area contributed by atoms with Crippen LogP contribution in [0, 0.1) is 0 Å². The highest BCUT2D eigenvalue weighted by molar-refractivity contribution is 6.65. The molecule has 0 fully saturated rings. The molecule has 0 aromatic heterocycles. The van der Waals surface area contributed by atoms with Crippen molar-refractivity contribution in [2.75, 3.05) is 0 Å². The van der Waals surface area contributed by atoms with Crippen LogP contribution in [0.5, 0.6) is 0 Å². The summed E-state index contributed by atoms with van der Waals surface area (Å²) in [6, 6.07) is 0. The molecule has 4 heteroatoms. The van der Waals surface area contributed by atoms with E-state index in [2.05, 4.69) is 19.1 Å². The lowest BCUT2D eigenvalue weighted by Gasteiger charge is -2.20. The first-order valence-electron chi connectivity index (χ1n) is 10.5. The fourth-order valence-corrected chi connectivity index (χ4v) is 2.75. The first-order chi connectivity index (χ1) is 12.4. The van der Waals surface area contributed by atoms with Crippen LogP contribution < -0.4 is 0 Å². The van der Waals surface area contributed by atoms with E-state index in [0.29, 0.717) is 6.42 Å². The molecule has 0 unspecified atom stereocenters. The summed E-state index contributed by atoms with van der Waals surface area (Å²) >= 11 is 5.39. The second-order valence-electron chi connectivity index (χ2n) is 7.59. The number of hydrogen-bond acceptors (Lipinski definition) is 3. The van der Waals surface area contributed by atoms with E-state index in [1.165, 1.54) is 71.6 Å². The molecule has 0 rings (SSSR count). The quantitative estimate of drug-likeness (QED) is 0.116. The smallest absolute Gasteiger partial charge is 0.306 e. The van der Waals surface area contributed by atoms with Crippen LogP contribution in [0.15, 0.2) is 12.2 Å². The number of carbonyl (C=O) groups is 2. The van der Waals surface area contributed by atoms with Crippen molar-refractivity contribution in [2.45, 2.75) is 116 Å². The highest BCUT2D eigenvalue weighted by Gasteiger charge is 2.29. The number of rotatable bonds is 17. The van der Waals surface area contributed by atoms with Crippen LogP contribution in [0.25, 0.3) is 0 Å². The highest BCUT2D eigenvalue weighted by atomic mass is 35.5. The van der Waals surface area contributed by atoms with E-state index < -0.39 is 10.8 Å². The normalized spacial score (nSPS) is 11.8. The zero-order valence-electron chi connectivity index (χ0n) is 17.2. The van der Waals surface area contributed by atoms with Crippen LogP contribution in [-0.4, -0.2) is 16.8 Å².